The van der Waals surface area contributed by atoms with Crippen molar-refractivity contribution in [1.29, 1.82) is 0 Å². The molecule has 0 radical (unpaired) electrons. The maximum Gasteiger partial charge on any atom is 0.208 e. The molecule has 0 bridgehead atoms. The molecule has 31 nitrogen and oxygen atoms in total. The molecular weight excluding hydrogens is 2090 g/mol. The summed E-state index contributed by atoms with van der Waals surface area (Å²) in [7, 11) is 0. The van der Waals surface area contributed by atoms with Crippen molar-refractivity contribution >= 4 is 143 Å². The molecule has 25 rings (SSSR count). The number of hydrogen-bond donors (Lipinski definition) is 11. The van der Waals surface area contributed by atoms with Crippen LogP contribution >= 0.6 is 50.1 Å². The summed E-state index contributed by atoms with van der Waals surface area (Å²) < 4.78 is 155. The van der Waals surface area contributed by atoms with Crippen LogP contribution in [0.15, 0.2) is 157 Å². The Morgan fingerprint density at radius 3 is 0.903 bits per heavy atom. The number of aromatic amines is 5. The first kappa shape index (κ1) is 97.2. The largest absolute Gasteiger partial charge is 0.393 e. The van der Waals surface area contributed by atoms with E-state index in [9.17, 15) is 43.9 Å². The molecule has 0 spiro atoms. The Labute approximate surface area is 850 Å². The third kappa shape index (κ3) is 22.1. The fourth-order valence-electron chi connectivity index (χ4n) is 19.5. The number of nitrogens with one attached hydrogen (secondary N) is 10. The molecule has 5 unspecified atom stereocenters. The molecule has 145 heavy (non-hydrogen) atoms. The number of anilines is 16. The van der Waals surface area contributed by atoms with Gasteiger partial charge >= 0.3 is 0 Å². The van der Waals surface area contributed by atoms with Crippen LogP contribution in [0, 0.1) is 67.6 Å². The lowest BCUT2D eigenvalue weighted by molar-refractivity contribution is 0.548. The van der Waals surface area contributed by atoms with E-state index in [-0.39, 0.29) is 35.8 Å². The van der Waals surface area contributed by atoms with Crippen molar-refractivity contribution in [3.05, 3.63) is 286 Å². The SMILES string of the molecule is Fc1ccc(C2CCCN2c2ncnc(Nc3cc(C4CC4)[nH]n3)c2Br)c(F)c1.Fc1ccc(C2CCCN2c2ncnc(Nc3cc(C4CC4)[nH]n3)c2Cl)c(F)c1.Fc1ccc(C2CCCN2c2ncnc(Nc3cc(C4CC4)[nH]n3)c2F)c(F)c1.Fc1ccc(C2CCCN2c2ncnc(Nc3cc(C4CC4)[nH]n3)c2I)c(F)c1.Nc1c(Nc2cc(C3CC3)[nH]n2)ncnc1N1CCCC1c1ccc(F)cc1F. The van der Waals surface area contributed by atoms with Crippen LogP contribution in [0.4, 0.5) is 141 Å². The van der Waals surface area contributed by atoms with Gasteiger partial charge in [0, 0.05) is 179 Å². The van der Waals surface area contributed by atoms with Crippen LogP contribution in [-0.2, 0) is 0 Å². The van der Waals surface area contributed by atoms with Crippen molar-refractivity contribution in [1.82, 2.24) is 101 Å². The molecule has 750 valence electrons. The van der Waals surface area contributed by atoms with Crippen molar-refractivity contribution in [2.45, 2.75) is 188 Å². The van der Waals surface area contributed by atoms with Gasteiger partial charge in [-0.3, -0.25) is 25.5 Å². The Morgan fingerprint density at radius 2 is 0.552 bits per heavy atom. The van der Waals surface area contributed by atoms with Crippen molar-refractivity contribution in [2.24, 2.45) is 0 Å². The molecular formula is C100H97BrClF11IN31. The number of nitrogens with two attached hydrogens (primary N) is 1. The maximum atomic E-state index is 15.2. The van der Waals surface area contributed by atoms with Gasteiger partial charge in [-0.1, -0.05) is 41.9 Å². The summed E-state index contributed by atoms with van der Waals surface area (Å²) >= 11 is 12.4. The summed E-state index contributed by atoms with van der Waals surface area (Å²) in [6.45, 7) is 3.35. The van der Waals surface area contributed by atoms with Gasteiger partial charge in [-0.2, -0.15) is 29.9 Å². The van der Waals surface area contributed by atoms with Crippen LogP contribution in [0.2, 0.25) is 5.02 Å². The highest BCUT2D eigenvalue weighted by molar-refractivity contribution is 14.1. The summed E-state index contributed by atoms with van der Waals surface area (Å²) in [6, 6.07) is 26.8. The molecule has 0 amide bonds. The Hall–Kier alpha value is -13.9. The molecule has 5 aliphatic heterocycles. The zero-order valence-corrected chi connectivity index (χ0v) is 82.2. The highest BCUT2D eigenvalue weighted by Crippen LogP contribution is 2.51. The number of nitrogens with zero attached hydrogens (tertiary/aromatic N) is 20. The zero-order valence-electron chi connectivity index (χ0n) is 77.7. The molecule has 5 atom stereocenters. The number of rotatable bonds is 25. The van der Waals surface area contributed by atoms with Crippen LogP contribution in [0.3, 0.4) is 0 Å². The molecule has 12 N–H and O–H groups in total. The van der Waals surface area contributed by atoms with E-state index in [0.29, 0.717) is 163 Å². The van der Waals surface area contributed by atoms with Gasteiger partial charge in [-0.15, -0.1) is 0 Å². The second-order valence-corrected chi connectivity index (χ2v) is 39.8. The molecule has 10 fully saturated rings. The van der Waals surface area contributed by atoms with E-state index in [1.54, 1.807) is 4.90 Å². The van der Waals surface area contributed by atoms with Gasteiger partial charge in [0.2, 0.25) is 5.82 Å². The minimum Gasteiger partial charge on any atom is -0.393 e. The van der Waals surface area contributed by atoms with Gasteiger partial charge in [0.1, 0.15) is 117 Å². The van der Waals surface area contributed by atoms with Gasteiger partial charge in [0.25, 0.3) is 0 Å². The van der Waals surface area contributed by atoms with Gasteiger partial charge in [0.15, 0.2) is 75.6 Å². The first-order valence-electron chi connectivity index (χ1n) is 48.3. The fraction of sp³-hybridized carbons (Fsp3) is 0.350. The monoisotopic (exact) mass is 2180 g/mol. The van der Waals surface area contributed by atoms with Crippen LogP contribution in [0.5, 0.6) is 0 Å². The Bertz CT molecular complexity index is 6230. The minimum atomic E-state index is -0.640. The van der Waals surface area contributed by atoms with Crippen molar-refractivity contribution in [3.63, 3.8) is 0 Å². The molecule has 15 aromatic rings. The third-order valence-corrected chi connectivity index (χ3v) is 29.6. The number of benzene rings is 5. The van der Waals surface area contributed by atoms with Crippen LogP contribution in [0.1, 0.15) is 245 Å². The fourth-order valence-corrected chi connectivity index (χ4v) is 21.0. The third-order valence-electron chi connectivity index (χ3n) is 27.5. The lowest BCUT2D eigenvalue weighted by atomic mass is 10.0. The lowest BCUT2D eigenvalue weighted by Gasteiger charge is -2.27. The van der Waals surface area contributed by atoms with Crippen LogP contribution in [0.25, 0.3) is 0 Å². The van der Waals surface area contributed by atoms with E-state index in [1.165, 1.54) is 144 Å². The quantitative estimate of drug-likeness (QED) is 0.0187. The van der Waals surface area contributed by atoms with Crippen LogP contribution < -0.4 is 56.8 Å². The summed E-state index contributed by atoms with van der Waals surface area (Å²) in [5, 5.41) is 52.5. The highest BCUT2D eigenvalue weighted by Gasteiger charge is 2.40. The second kappa shape index (κ2) is 42.4. The lowest BCUT2D eigenvalue weighted by Crippen LogP contribution is -2.26. The maximum absolute atomic E-state index is 15.2. The predicted molar refractivity (Wildman–Crippen MR) is 538 cm³/mol. The zero-order chi connectivity index (χ0) is 99.8. The van der Waals surface area contributed by atoms with Gasteiger partial charge in [-0.05, 0) is 197 Å². The van der Waals surface area contributed by atoms with E-state index in [0.717, 1.165) is 158 Å². The predicted octanol–water partition coefficient (Wildman–Crippen LogP) is 23.9. The Morgan fingerprint density at radius 1 is 0.297 bits per heavy atom. The Kier molecular flexibility index (Phi) is 28.4. The minimum absolute atomic E-state index is 0.00840. The smallest absolute Gasteiger partial charge is 0.208 e. The standard InChI is InChI=1S/C20H19BrF2N6.C20H19ClF2N6.C20H19F3N6.C20H19F2IN6.C20H21F2N7/c2*21-18-19(26-17-9-15(27-28-17)11-3-4-11)24-10-25-20(18)29-7-1-2-16(29)13-6-5-12(22)8-14(13)23;3*21-12-5-6-13(14(22)8-12)16-2-1-7-29(16)20-18(23)19(24-10-25-20)26-17-9-15(27-28-17)11-3-4-11/h4*5-6,8-11,16H,1-4,7H2,(H2,24,25,26,27,28);5-6,8-11,16H,1-4,7,23H2,(H2,24,25,26,27,28). The topological polar surface area (TPSA) is 375 Å². The molecule has 5 saturated heterocycles. The van der Waals surface area contributed by atoms with E-state index in [2.05, 4.69) is 171 Å². The van der Waals surface area contributed by atoms with Gasteiger partial charge in [0.05, 0.1) is 33.8 Å². The van der Waals surface area contributed by atoms with Crippen molar-refractivity contribution < 1.29 is 48.3 Å². The first-order chi connectivity index (χ1) is 70.5. The molecule has 15 heterocycles. The number of H-pyrrole nitrogens is 5. The number of nitrogen functional groups attached to an aromatic ring is 1. The molecule has 10 aromatic heterocycles. The van der Waals surface area contributed by atoms with E-state index < -0.39 is 70.0 Å². The Balaban J connectivity index is 0.000000107. The van der Waals surface area contributed by atoms with Crippen molar-refractivity contribution in [2.75, 3.05) is 89.5 Å². The average Bonchev–Trinajstić information content (AvgIpc) is 1.71. The number of aromatic nitrogens is 20. The van der Waals surface area contributed by atoms with E-state index in [4.69, 9.17) is 17.3 Å². The highest BCUT2D eigenvalue weighted by atomic mass is 127. The molecule has 5 aliphatic carbocycles. The number of halogens is 14. The molecule has 45 heteroatoms. The van der Waals surface area contributed by atoms with Crippen molar-refractivity contribution in [3.8, 4) is 0 Å². The van der Waals surface area contributed by atoms with E-state index >= 15 is 4.39 Å². The number of hydrogen-bond acceptors (Lipinski definition) is 26. The molecule has 10 aliphatic rings. The summed E-state index contributed by atoms with van der Waals surface area (Å²) in [4.78, 5) is 52.6. The second-order valence-electron chi connectivity index (χ2n) is 37.5. The van der Waals surface area contributed by atoms with E-state index in [1.807, 2.05) is 45.0 Å². The summed E-state index contributed by atoms with van der Waals surface area (Å²) in [5.41, 5.74) is 14.4. The summed E-state index contributed by atoms with van der Waals surface area (Å²) in [6.07, 6.45) is 26.8. The average molecular weight is 2180 g/mol. The normalized spacial score (nSPS) is 19.0. The molecule has 5 aromatic carbocycles. The summed E-state index contributed by atoms with van der Waals surface area (Å²) in [5.74, 6) is 4.30. The van der Waals surface area contributed by atoms with Gasteiger partial charge in [-0.25, -0.2) is 93.7 Å². The van der Waals surface area contributed by atoms with Crippen LogP contribution in [-0.4, -0.2) is 134 Å². The van der Waals surface area contributed by atoms with Gasteiger partial charge < -0.3 is 56.8 Å². The first-order valence-corrected chi connectivity index (χ1v) is 50.6. The molecule has 5 saturated carbocycles.